The Morgan fingerprint density at radius 3 is 2.62 bits per heavy atom. The molecule has 1 N–H and O–H groups in total. The van der Waals surface area contributed by atoms with E-state index >= 15 is 0 Å². The van der Waals surface area contributed by atoms with Crippen LogP contribution in [0.3, 0.4) is 0 Å². The number of amides is 1. The van der Waals surface area contributed by atoms with Crippen molar-refractivity contribution in [3.05, 3.63) is 22.8 Å². The van der Waals surface area contributed by atoms with Crippen LogP contribution in [0.1, 0.15) is 52.0 Å². The second-order valence-corrected chi connectivity index (χ2v) is 8.89. The number of aryl methyl sites for hydroxylation is 1. The smallest absolute Gasteiger partial charge is 0.408 e. The van der Waals surface area contributed by atoms with Crippen LogP contribution in [-0.4, -0.2) is 26.8 Å². The molecule has 1 amide bonds. The lowest BCUT2D eigenvalue weighted by molar-refractivity contribution is 0.0465. The molecule has 7 nitrogen and oxygen atoms in total. The zero-order chi connectivity index (χ0) is 18.0. The number of rotatable bonds is 5. The van der Waals surface area contributed by atoms with Gasteiger partial charge in [0, 0.05) is 11.1 Å². The average Bonchev–Trinajstić information content (AvgIpc) is 3.02. The Kier molecular flexibility index (Phi) is 5.54. The summed E-state index contributed by atoms with van der Waals surface area (Å²) in [7, 11) is 0. The van der Waals surface area contributed by atoms with Crippen LogP contribution in [0.25, 0.3) is 0 Å². The first-order valence-electron chi connectivity index (χ1n) is 7.44. The molecule has 2 rings (SSSR count). The fourth-order valence-electron chi connectivity index (χ4n) is 1.70. The number of hydrogen-bond donors (Lipinski definition) is 1. The van der Waals surface area contributed by atoms with Crippen molar-refractivity contribution in [2.24, 2.45) is 0 Å². The van der Waals surface area contributed by atoms with Gasteiger partial charge in [-0.05, 0) is 41.5 Å². The van der Waals surface area contributed by atoms with E-state index in [-0.39, 0.29) is 0 Å². The summed E-state index contributed by atoms with van der Waals surface area (Å²) in [6, 6.07) is 0. The quantitative estimate of drug-likeness (QED) is 0.799. The fourth-order valence-corrected chi connectivity index (χ4v) is 3.39. The van der Waals surface area contributed by atoms with Crippen LogP contribution in [0.5, 0.6) is 0 Å². The lowest BCUT2D eigenvalue weighted by Gasteiger charge is -2.26. The summed E-state index contributed by atoms with van der Waals surface area (Å²) in [5, 5.41) is 8.72. The van der Waals surface area contributed by atoms with Crippen LogP contribution >= 0.6 is 23.1 Å². The molecule has 0 radical (unpaired) electrons. The van der Waals surface area contributed by atoms with E-state index in [1.54, 1.807) is 25.2 Å². The van der Waals surface area contributed by atoms with E-state index in [2.05, 4.69) is 20.4 Å². The normalized spacial score (nSPS) is 12.2. The SMILES string of the molecule is Cc1csc(SCc2nc(C(C)(C)NC(=O)OC(C)(C)C)no2)n1. The van der Waals surface area contributed by atoms with Crippen molar-refractivity contribution in [3.63, 3.8) is 0 Å². The number of nitrogens with zero attached hydrogens (tertiary/aromatic N) is 3. The number of alkyl carbamates (subject to hydrolysis) is 1. The van der Waals surface area contributed by atoms with E-state index < -0.39 is 17.2 Å². The number of thiazole rings is 1. The van der Waals surface area contributed by atoms with Crippen LogP contribution < -0.4 is 5.32 Å². The molecule has 0 aliphatic rings. The van der Waals surface area contributed by atoms with Gasteiger partial charge in [-0.1, -0.05) is 16.9 Å². The molecule has 0 bridgehead atoms. The third kappa shape index (κ3) is 5.48. The highest BCUT2D eigenvalue weighted by atomic mass is 32.2. The number of carbonyl (C=O) groups excluding carboxylic acids is 1. The van der Waals surface area contributed by atoms with Crippen LogP contribution in [0, 0.1) is 6.92 Å². The monoisotopic (exact) mass is 370 g/mol. The minimum atomic E-state index is -0.799. The molecule has 2 heterocycles. The Balaban J connectivity index is 1.96. The van der Waals surface area contributed by atoms with Crippen LogP contribution in [0.15, 0.2) is 14.2 Å². The molecule has 2 aromatic heterocycles. The Morgan fingerprint density at radius 1 is 1.33 bits per heavy atom. The number of thioether (sulfide) groups is 1. The van der Waals surface area contributed by atoms with E-state index in [1.165, 1.54) is 11.8 Å². The molecule has 0 aromatic carbocycles. The van der Waals surface area contributed by atoms with E-state index in [0.29, 0.717) is 17.5 Å². The molecule has 0 aliphatic heterocycles. The van der Waals surface area contributed by atoms with Gasteiger partial charge in [0.25, 0.3) is 0 Å². The summed E-state index contributed by atoms with van der Waals surface area (Å²) < 4.78 is 11.5. The number of nitrogens with one attached hydrogen (secondary N) is 1. The van der Waals surface area contributed by atoms with Crippen molar-refractivity contribution in [1.29, 1.82) is 0 Å². The van der Waals surface area contributed by atoms with Gasteiger partial charge in [0.1, 0.15) is 11.1 Å². The fraction of sp³-hybridized carbons (Fsp3) is 0.600. The number of hydrogen-bond acceptors (Lipinski definition) is 8. The number of carbonyl (C=O) groups is 1. The predicted octanol–water partition coefficient (Wildman–Crippen LogP) is 3.89. The first kappa shape index (κ1) is 18.7. The molecule has 24 heavy (non-hydrogen) atoms. The zero-order valence-corrected chi connectivity index (χ0v) is 16.3. The molecule has 9 heteroatoms. The van der Waals surface area contributed by atoms with Gasteiger partial charge in [-0.3, -0.25) is 0 Å². The molecule has 0 saturated heterocycles. The standard InChI is InChI=1S/C15H22N4O3S2/c1-9-7-23-13(16-9)24-8-10-17-11(19-22-10)15(5,6)18-12(20)21-14(2,3)4/h7H,8H2,1-6H3,(H,18,20). The second-order valence-electron chi connectivity index (χ2n) is 6.81. The maximum absolute atomic E-state index is 11.9. The molecule has 0 saturated carbocycles. The molecular formula is C15H22N4O3S2. The van der Waals surface area contributed by atoms with E-state index in [1.807, 2.05) is 33.1 Å². The highest BCUT2D eigenvalue weighted by Gasteiger charge is 2.30. The van der Waals surface area contributed by atoms with Crippen LogP contribution in [0.2, 0.25) is 0 Å². The molecule has 0 aliphatic carbocycles. The maximum atomic E-state index is 11.9. The minimum absolute atomic E-state index is 0.402. The number of ether oxygens (including phenoxy) is 1. The summed E-state index contributed by atoms with van der Waals surface area (Å²) in [5.41, 5.74) is -0.367. The van der Waals surface area contributed by atoms with Crippen LogP contribution in [0.4, 0.5) is 4.79 Å². The van der Waals surface area contributed by atoms with Crippen molar-refractivity contribution >= 4 is 29.2 Å². The summed E-state index contributed by atoms with van der Waals surface area (Å²) in [6.45, 7) is 11.0. The van der Waals surface area contributed by atoms with Gasteiger partial charge in [-0.2, -0.15) is 4.98 Å². The Bertz CT molecular complexity index is 704. The average molecular weight is 371 g/mol. The summed E-state index contributed by atoms with van der Waals surface area (Å²) in [5.74, 6) is 1.42. The Hall–Kier alpha value is -1.61. The van der Waals surface area contributed by atoms with Gasteiger partial charge in [0.05, 0.1) is 5.75 Å². The lowest BCUT2D eigenvalue weighted by atomic mass is 10.1. The molecular weight excluding hydrogens is 348 g/mol. The van der Waals surface area contributed by atoms with Gasteiger partial charge in [-0.15, -0.1) is 11.3 Å². The molecule has 0 atom stereocenters. The van der Waals surface area contributed by atoms with Crippen molar-refractivity contribution in [1.82, 2.24) is 20.4 Å². The predicted molar refractivity (Wildman–Crippen MR) is 93.1 cm³/mol. The maximum Gasteiger partial charge on any atom is 0.408 e. The van der Waals surface area contributed by atoms with Gasteiger partial charge in [-0.25, -0.2) is 9.78 Å². The largest absolute Gasteiger partial charge is 0.444 e. The minimum Gasteiger partial charge on any atom is -0.444 e. The molecule has 0 fully saturated rings. The highest BCUT2D eigenvalue weighted by molar-refractivity contribution is 8.00. The molecule has 0 spiro atoms. The van der Waals surface area contributed by atoms with E-state index in [4.69, 9.17) is 9.26 Å². The molecule has 2 aromatic rings. The Labute approximate surface area is 149 Å². The topological polar surface area (TPSA) is 90.1 Å². The van der Waals surface area contributed by atoms with E-state index in [9.17, 15) is 4.79 Å². The van der Waals surface area contributed by atoms with Crippen molar-refractivity contribution in [2.75, 3.05) is 0 Å². The lowest BCUT2D eigenvalue weighted by Crippen LogP contribution is -2.44. The third-order valence-corrected chi connectivity index (χ3v) is 4.88. The van der Waals surface area contributed by atoms with Gasteiger partial charge >= 0.3 is 6.09 Å². The number of aromatic nitrogens is 3. The second kappa shape index (κ2) is 7.10. The van der Waals surface area contributed by atoms with Crippen LogP contribution in [-0.2, 0) is 16.0 Å². The van der Waals surface area contributed by atoms with Gasteiger partial charge in [0.15, 0.2) is 10.2 Å². The van der Waals surface area contributed by atoms with Crippen molar-refractivity contribution < 1.29 is 14.1 Å². The third-order valence-electron chi connectivity index (χ3n) is 2.76. The highest BCUT2D eigenvalue weighted by Crippen LogP contribution is 2.26. The van der Waals surface area contributed by atoms with Gasteiger partial charge < -0.3 is 14.6 Å². The summed E-state index contributed by atoms with van der Waals surface area (Å²) >= 11 is 3.12. The summed E-state index contributed by atoms with van der Waals surface area (Å²) in [6.07, 6.45) is -0.522. The first-order chi connectivity index (χ1) is 11.0. The zero-order valence-electron chi connectivity index (χ0n) is 14.7. The van der Waals surface area contributed by atoms with E-state index in [0.717, 1.165) is 10.0 Å². The first-order valence-corrected chi connectivity index (χ1v) is 9.31. The van der Waals surface area contributed by atoms with Crippen molar-refractivity contribution in [3.8, 4) is 0 Å². The summed E-state index contributed by atoms with van der Waals surface area (Å²) in [4.78, 5) is 20.7. The van der Waals surface area contributed by atoms with Crippen molar-refractivity contribution in [2.45, 2.75) is 62.8 Å². The molecule has 0 unspecified atom stereocenters. The molecule has 132 valence electrons. The Morgan fingerprint density at radius 2 is 2.04 bits per heavy atom. The van der Waals surface area contributed by atoms with Gasteiger partial charge in [0.2, 0.25) is 5.89 Å².